The first kappa shape index (κ1) is 15.9. The molecule has 1 fully saturated rings. The molecule has 0 unspecified atom stereocenters. The summed E-state index contributed by atoms with van der Waals surface area (Å²) in [7, 11) is 0. The Morgan fingerprint density at radius 1 is 1.16 bits per heavy atom. The highest BCUT2D eigenvalue weighted by atomic mass is 19.1. The molecule has 1 saturated carbocycles. The summed E-state index contributed by atoms with van der Waals surface area (Å²) in [5.74, 6) is -0.205. The van der Waals surface area contributed by atoms with Crippen molar-refractivity contribution in [2.24, 2.45) is 0 Å². The fraction of sp³-hybridized carbons (Fsp3) is 0.286. The van der Waals surface area contributed by atoms with Gasteiger partial charge in [0.05, 0.1) is 0 Å². The molecule has 2 aromatic carbocycles. The normalized spacial score (nSPS) is 14.0. The van der Waals surface area contributed by atoms with E-state index in [2.05, 4.69) is 11.9 Å². The van der Waals surface area contributed by atoms with Gasteiger partial charge in [0, 0.05) is 34.7 Å². The molecule has 0 radical (unpaired) electrons. The largest absolute Gasteiger partial charge is 0.358 e. The molecular weight excluding hydrogens is 315 g/mol. The Morgan fingerprint density at radius 2 is 1.88 bits per heavy atom. The lowest BCUT2D eigenvalue weighted by molar-refractivity contribution is 0.0730. The lowest BCUT2D eigenvalue weighted by atomic mass is 10.1. The van der Waals surface area contributed by atoms with E-state index in [0.717, 1.165) is 35.0 Å². The lowest BCUT2D eigenvalue weighted by Gasteiger charge is -2.23. The van der Waals surface area contributed by atoms with Crippen LogP contribution in [0.4, 0.5) is 4.39 Å². The Hall–Kier alpha value is -2.62. The number of amides is 1. The molecule has 25 heavy (non-hydrogen) atoms. The number of aromatic amines is 1. The lowest BCUT2D eigenvalue weighted by Crippen LogP contribution is -2.32. The quantitative estimate of drug-likeness (QED) is 0.735. The van der Waals surface area contributed by atoms with Crippen LogP contribution in [0, 0.1) is 19.7 Å². The minimum absolute atomic E-state index is 0.0481. The van der Waals surface area contributed by atoms with Crippen LogP contribution in [-0.4, -0.2) is 21.8 Å². The van der Waals surface area contributed by atoms with E-state index in [1.165, 1.54) is 17.7 Å². The third-order valence-corrected chi connectivity index (χ3v) is 5.07. The fourth-order valence-electron chi connectivity index (χ4n) is 3.30. The Balaban J connectivity index is 1.64. The van der Waals surface area contributed by atoms with Gasteiger partial charge in [-0.3, -0.25) is 4.79 Å². The third-order valence-electron chi connectivity index (χ3n) is 5.07. The van der Waals surface area contributed by atoms with Gasteiger partial charge in [-0.15, -0.1) is 0 Å². The molecule has 0 saturated heterocycles. The summed E-state index contributed by atoms with van der Waals surface area (Å²) < 4.78 is 13.1. The summed E-state index contributed by atoms with van der Waals surface area (Å²) in [5, 5.41) is 1.10. The first-order valence-electron chi connectivity index (χ1n) is 8.67. The molecule has 1 aromatic heterocycles. The van der Waals surface area contributed by atoms with Gasteiger partial charge in [0.2, 0.25) is 0 Å². The summed E-state index contributed by atoms with van der Waals surface area (Å²) in [5.41, 5.74) is 5.04. The van der Waals surface area contributed by atoms with Crippen LogP contribution in [0.15, 0.2) is 42.5 Å². The van der Waals surface area contributed by atoms with Gasteiger partial charge in [-0.2, -0.15) is 0 Å². The molecular formula is C21H21FN2O. The average Bonchev–Trinajstić information content (AvgIpc) is 3.41. The first-order valence-corrected chi connectivity index (χ1v) is 8.67. The number of hydrogen-bond acceptors (Lipinski definition) is 1. The van der Waals surface area contributed by atoms with E-state index in [0.29, 0.717) is 18.2 Å². The van der Waals surface area contributed by atoms with Gasteiger partial charge in [0.25, 0.3) is 5.91 Å². The fourth-order valence-corrected chi connectivity index (χ4v) is 3.30. The van der Waals surface area contributed by atoms with Crippen molar-refractivity contribution in [3.63, 3.8) is 0 Å². The number of aromatic nitrogens is 1. The third kappa shape index (κ3) is 3.04. The molecule has 3 aromatic rings. The van der Waals surface area contributed by atoms with E-state index in [-0.39, 0.29) is 11.7 Å². The highest BCUT2D eigenvalue weighted by Gasteiger charge is 2.33. The zero-order chi connectivity index (χ0) is 17.6. The van der Waals surface area contributed by atoms with Crippen molar-refractivity contribution >= 4 is 16.8 Å². The van der Waals surface area contributed by atoms with E-state index in [1.807, 2.05) is 30.0 Å². The van der Waals surface area contributed by atoms with Gasteiger partial charge < -0.3 is 9.88 Å². The average molecular weight is 336 g/mol. The number of carbonyl (C=O) groups excluding carboxylic acids is 1. The maximum atomic E-state index is 13.1. The van der Waals surface area contributed by atoms with Crippen LogP contribution < -0.4 is 0 Å². The number of halogens is 1. The zero-order valence-electron chi connectivity index (χ0n) is 14.5. The van der Waals surface area contributed by atoms with Crippen LogP contribution in [0.3, 0.4) is 0 Å². The highest BCUT2D eigenvalue weighted by Crippen LogP contribution is 2.31. The number of aryl methyl sites for hydroxylation is 2. The standard InChI is InChI=1S/C21H21FN2O/c1-13-14(2)23-20-10-5-16(11-19(13)20)21(25)24(18-8-9-18)12-15-3-6-17(22)7-4-15/h3-7,10-11,18,23H,8-9,12H2,1-2H3. The molecule has 0 atom stereocenters. The number of carbonyl (C=O) groups is 1. The van der Waals surface area contributed by atoms with Crippen LogP contribution in [0.1, 0.15) is 40.0 Å². The summed E-state index contributed by atoms with van der Waals surface area (Å²) >= 11 is 0. The van der Waals surface area contributed by atoms with Crippen LogP contribution in [-0.2, 0) is 6.54 Å². The maximum Gasteiger partial charge on any atom is 0.254 e. The molecule has 1 aliphatic carbocycles. The summed E-state index contributed by atoms with van der Waals surface area (Å²) in [4.78, 5) is 18.4. The summed E-state index contributed by atoms with van der Waals surface area (Å²) in [6.07, 6.45) is 2.08. The molecule has 1 aliphatic rings. The number of rotatable bonds is 4. The Labute approximate surface area is 146 Å². The summed E-state index contributed by atoms with van der Waals surface area (Å²) in [6.45, 7) is 4.63. The van der Waals surface area contributed by atoms with Crippen molar-refractivity contribution < 1.29 is 9.18 Å². The molecule has 0 aliphatic heterocycles. The topological polar surface area (TPSA) is 36.1 Å². The van der Waals surface area contributed by atoms with Crippen LogP contribution in [0.5, 0.6) is 0 Å². The number of nitrogens with zero attached hydrogens (tertiary/aromatic N) is 1. The van der Waals surface area contributed by atoms with Crippen molar-refractivity contribution in [1.29, 1.82) is 0 Å². The molecule has 1 heterocycles. The molecule has 1 N–H and O–H groups in total. The van der Waals surface area contributed by atoms with Gasteiger partial charge in [0.15, 0.2) is 0 Å². The Morgan fingerprint density at radius 3 is 2.56 bits per heavy atom. The van der Waals surface area contributed by atoms with Crippen molar-refractivity contribution in [2.45, 2.75) is 39.3 Å². The van der Waals surface area contributed by atoms with E-state index >= 15 is 0 Å². The van der Waals surface area contributed by atoms with E-state index in [9.17, 15) is 9.18 Å². The van der Waals surface area contributed by atoms with Crippen LogP contribution in [0.2, 0.25) is 0 Å². The number of fused-ring (bicyclic) bond motifs is 1. The number of benzene rings is 2. The van der Waals surface area contributed by atoms with E-state index in [4.69, 9.17) is 0 Å². The predicted molar refractivity (Wildman–Crippen MR) is 97.1 cm³/mol. The number of hydrogen-bond donors (Lipinski definition) is 1. The number of nitrogens with one attached hydrogen (secondary N) is 1. The Kier molecular flexibility index (Phi) is 3.83. The molecule has 1 amide bonds. The van der Waals surface area contributed by atoms with E-state index in [1.54, 1.807) is 12.1 Å². The minimum atomic E-state index is -0.253. The maximum absolute atomic E-state index is 13.1. The van der Waals surface area contributed by atoms with Crippen molar-refractivity contribution in [3.8, 4) is 0 Å². The zero-order valence-corrected chi connectivity index (χ0v) is 14.5. The van der Waals surface area contributed by atoms with Gasteiger partial charge in [-0.05, 0) is 68.1 Å². The smallest absolute Gasteiger partial charge is 0.254 e. The van der Waals surface area contributed by atoms with E-state index < -0.39 is 0 Å². The van der Waals surface area contributed by atoms with Gasteiger partial charge >= 0.3 is 0 Å². The first-order chi connectivity index (χ1) is 12.0. The van der Waals surface area contributed by atoms with Crippen LogP contribution in [0.25, 0.3) is 10.9 Å². The molecule has 128 valence electrons. The molecule has 0 bridgehead atoms. The van der Waals surface area contributed by atoms with Gasteiger partial charge in [-0.1, -0.05) is 12.1 Å². The Bertz CT molecular complexity index is 938. The van der Waals surface area contributed by atoms with Crippen molar-refractivity contribution in [3.05, 3.63) is 70.7 Å². The molecule has 4 rings (SSSR count). The van der Waals surface area contributed by atoms with Crippen molar-refractivity contribution in [1.82, 2.24) is 9.88 Å². The van der Waals surface area contributed by atoms with Gasteiger partial charge in [-0.25, -0.2) is 4.39 Å². The second-order valence-electron chi connectivity index (χ2n) is 6.93. The second kappa shape index (κ2) is 6.03. The molecule has 4 heteroatoms. The number of H-pyrrole nitrogens is 1. The molecule has 0 spiro atoms. The van der Waals surface area contributed by atoms with Gasteiger partial charge in [0.1, 0.15) is 5.82 Å². The monoisotopic (exact) mass is 336 g/mol. The summed E-state index contributed by atoms with van der Waals surface area (Å²) in [6, 6.07) is 12.5. The van der Waals surface area contributed by atoms with Crippen molar-refractivity contribution in [2.75, 3.05) is 0 Å². The second-order valence-corrected chi connectivity index (χ2v) is 6.93. The predicted octanol–water partition coefficient (Wildman–Crippen LogP) is 4.73. The van der Waals surface area contributed by atoms with Crippen LogP contribution >= 0.6 is 0 Å². The molecule has 3 nitrogen and oxygen atoms in total. The SMILES string of the molecule is Cc1[nH]c2ccc(C(=O)N(Cc3ccc(F)cc3)C3CC3)cc2c1C. The minimum Gasteiger partial charge on any atom is -0.358 e. The highest BCUT2D eigenvalue weighted by molar-refractivity contribution is 5.99.